The van der Waals surface area contributed by atoms with Gasteiger partial charge in [0.15, 0.2) is 0 Å². The Bertz CT molecular complexity index is 537. The lowest BCUT2D eigenvalue weighted by Gasteiger charge is -2.39. The van der Waals surface area contributed by atoms with Crippen LogP contribution in [0.4, 0.5) is 0 Å². The molecule has 2 N–H and O–H groups in total. The maximum absolute atomic E-state index is 12.6. The molecule has 0 aromatic carbocycles. The van der Waals surface area contributed by atoms with Gasteiger partial charge in [0, 0.05) is 12.1 Å². The first kappa shape index (κ1) is 16.2. The van der Waals surface area contributed by atoms with Gasteiger partial charge in [-0.05, 0) is 43.2 Å². The first-order valence-electron chi connectivity index (χ1n) is 8.64. The number of amides is 1. The summed E-state index contributed by atoms with van der Waals surface area (Å²) in [6.45, 7) is 0. The molecular formula is C18H26N2O3. The fraction of sp³-hybridized carbons (Fsp3) is 0.667. The van der Waals surface area contributed by atoms with E-state index in [9.17, 15) is 9.90 Å². The van der Waals surface area contributed by atoms with Crippen molar-refractivity contribution in [2.75, 3.05) is 7.11 Å². The summed E-state index contributed by atoms with van der Waals surface area (Å²) >= 11 is 0. The van der Waals surface area contributed by atoms with Gasteiger partial charge in [0.05, 0.1) is 25.5 Å². The van der Waals surface area contributed by atoms with Crippen LogP contribution in [0.25, 0.3) is 0 Å². The lowest BCUT2D eigenvalue weighted by molar-refractivity contribution is -0.127. The minimum atomic E-state index is -0.243. The average molecular weight is 318 g/mol. The third kappa shape index (κ3) is 3.83. The molecule has 1 amide bonds. The van der Waals surface area contributed by atoms with Crippen molar-refractivity contribution in [3.63, 3.8) is 0 Å². The normalized spacial score (nSPS) is 26.2. The molecule has 0 bridgehead atoms. The molecule has 2 aliphatic rings. The fourth-order valence-electron chi connectivity index (χ4n) is 3.73. The smallest absolute Gasteiger partial charge is 0.223 e. The molecule has 0 saturated heterocycles. The highest BCUT2D eigenvalue weighted by Crippen LogP contribution is 2.39. The van der Waals surface area contributed by atoms with Gasteiger partial charge in [-0.15, -0.1) is 0 Å². The van der Waals surface area contributed by atoms with Gasteiger partial charge in [-0.2, -0.15) is 0 Å². The number of carbonyl (C=O) groups is 1. The lowest BCUT2D eigenvalue weighted by Crippen LogP contribution is -2.43. The SMILES string of the molecule is COc1cncc([C@@H](NC(=O)C2CCCCC2)C2CC(O)C2)c1. The van der Waals surface area contributed by atoms with Gasteiger partial charge >= 0.3 is 0 Å². The number of hydrogen-bond acceptors (Lipinski definition) is 4. The molecule has 1 aromatic heterocycles. The standard InChI is InChI=1S/C18H26N2O3/c1-23-16-9-14(10-19-11-16)17(13-7-15(21)8-13)20-18(22)12-5-3-2-4-6-12/h9-13,15,17,21H,2-8H2,1H3,(H,20,22)/t13?,15?,17-/m0/s1. The number of rotatable bonds is 5. The van der Waals surface area contributed by atoms with Gasteiger partial charge in [0.25, 0.3) is 0 Å². The van der Waals surface area contributed by atoms with Gasteiger partial charge < -0.3 is 15.2 Å². The van der Waals surface area contributed by atoms with Crippen LogP contribution in [0, 0.1) is 11.8 Å². The molecule has 0 spiro atoms. The van der Waals surface area contributed by atoms with Crippen LogP contribution in [0.5, 0.6) is 5.75 Å². The number of carbonyl (C=O) groups excluding carboxylic acids is 1. The van der Waals surface area contributed by atoms with Crippen LogP contribution in [0.15, 0.2) is 18.5 Å². The van der Waals surface area contributed by atoms with E-state index in [1.165, 1.54) is 6.42 Å². The summed E-state index contributed by atoms with van der Waals surface area (Å²) in [5, 5.41) is 12.9. The van der Waals surface area contributed by atoms with Crippen molar-refractivity contribution in [3.8, 4) is 5.75 Å². The molecule has 23 heavy (non-hydrogen) atoms. The molecule has 2 saturated carbocycles. The molecule has 126 valence electrons. The van der Waals surface area contributed by atoms with Gasteiger partial charge in [0.1, 0.15) is 5.75 Å². The first-order chi connectivity index (χ1) is 11.2. The molecule has 0 unspecified atom stereocenters. The highest BCUT2D eigenvalue weighted by atomic mass is 16.5. The summed E-state index contributed by atoms with van der Waals surface area (Å²) in [5.41, 5.74) is 0.963. The molecule has 2 aliphatic carbocycles. The maximum atomic E-state index is 12.6. The summed E-state index contributed by atoms with van der Waals surface area (Å²) in [6.07, 6.45) is 10.2. The second-order valence-electron chi connectivity index (χ2n) is 6.86. The van der Waals surface area contributed by atoms with E-state index >= 15 is 0 Å². The highest BCUT2D eigenvalue weighted by Gasteiger charge is 2.37. The quantitative estimate of drug-likeness (QED) is 0.875. The Morgan fingerprint density at radius 3 is 2.70 bits per heavy atom. The topological polar surface area (TPSA) is 71.5 Å². The molecule has 0 radical (unpaired) electrons. The Hall–Kier alpha value is -1.62. The van der Waals surface area contributed by atoms with E-state index in [1.807, 2.05) is 6.07 Å². The average Bonchev–Trinajstić information content (AvgIpc) is 2.58. The maximum Gasteiger partial charge on any atom is 0.223 e. The Morgan fingerprint density at radius 2 is 2.04 bits per heavy atom. The number of nitrogens with zero attached hydrogens (tertiary/aromatic N) is 1. The number of aliphatic hydroxyl groups excluding tert-OH is 1. The van der Waals surface area contributed by atoms with Crippen LogP contribution >= 0.6 is 0 Å². The fourth-order valence-corrected chi connectivity index (χ4v) is 3.73. The summed E-state index contributed by atoms with van der Waals surface area (Å²) in [5.74, 6) is 1.25. The Kier molecular flexibility index (Phi) is 5.16. The van der Waals surface area contributed by atoms with Crippen molar-refractivity contribution < 1.29 is 14.6 Å². The minimum Gasteiger partial charge on any atom is -0.495 e. The summed E-state index contributed by atoms with van der Waals surface area (Å²) in [4.78, 5) is 16.9. The number of pyridine rings is 1. The Balaban J connectivity index is 1.73. The van der Waals surface area contributed by atoms with Crippen LogP contribution in [-0.2, 0) is 4.79 Å². The summed E-state index contributed by atoms with van der Waals surface area (Å²) < 4.78 is 5.25. The molecule has 5 nitrogen and oxygen atoms in total. The van der Waals surface area contributed by atoms with Crippen LogP contribution in [-0.4, -0.2) is 29.2 Å². The van der Waals surface area contributed by atoms with Crippen molar-refractivity contribution in [2.24, 2.45) is 11.8 Å². The van der Waals surface area contributed by atoms with Crippen LogP contribution < -0.4 is 10.1 Å². The van der Waals surface area contributed by atoms with E-state index in [2.05, 4.69) is 10.3 Å². The molecule has 3 rings (SSSR count). The second-order valence-corrected chi connectivity index (χ2v) is 6.86. The van der Waals surface area contributed by atoms with Crippen molar-refractivity contribution in [2.45, 2.75) is 57.1 Å². The van der Waals surface area contributed by atoms with E-state index in [4.69, 9.17) is 4.74 Å². The van der Waals surface area contributed by atoms with E-state index in [0.29, 0.717) is 5.75 Å². The molecular weight excluding hydrogens is 292 g/mol. The van der Waals surface area contributed by atoms with Gasteiger partial charge in [-0.3, -0.25) is 9.78 Å². The predicted octanol–water partition coefficient (Wildman–Crippen LogP) is 2.60. The zero-order chi connectivity index (χ0) is 16.2. The van der Waals surface area contributed by atoms with E-state index in [0.717, 1.165) is 44.1 Å². The number of aliphatic hydroxyl groups is 1. The van der Waals surface area contributed by atoms with Gasteiger partial charge in [-0.25, -0.2) is 0 Å². The van der Waals surface area contributed by atoms with Crippen LogP contribution in [0.3, 0.4) is 0 Å². The van der Waals surface area contributed by atoms with E-state index in [1.54, 1.807) is 19.5 Å². The zero-order valence-electron chi connectivity index (χ0n) is 13.7. The second kappa shape index (κ2) is 7.30. The van der Waals surface area contributed by atoms with Crippen molar-refractivity contribution in [1.29, 1.82) is 0 Å². The van der Waals surface area contributed by atoms with Crippen molar-refractivity contribution in [1.82, 2.24) is 10.3 Å². The minimum absolute atomic E-state index is 0.0876. The molecule has 1 atom stereocenters. The van der Waals surface area contributed by atoms with Crippen LogP contribution in [0.1, 0.15) is 56.6 Å². The monoisotopic (exact) mass is 318 g/mol. The molecule has 2 fully saturated rings. The van der Waals surface area contributed by atoms with E-state index in [-0.39, 0.29) is 29.9 Å². The number of methoxy groups -OCH3 is 1. The Morgan fingerprint density at radius 1 is 1.30 bits per heavy atom. The van der Waals surface area contributed by atoms with Crippen LogP contribution in [0.2, 0.25) is 0 Å². The first-order valence-corrected chi connectivity index (χ1v) is 8.64. The highest BCUT2D eigenvalue weighted by molar-refractivity contribution is 5.79. The predicted molar refractivity (Wildman–Crippen MR) is 87.0 cm³/mol. The largest absolute Gasteiger partial charge is 0.495 e. The van der Waals surface area contributed by atoms with Crippen molar-refractivity contribution in [3.05, 3.63) is 24.0 Å². The number of aromatic nitrogens is 1. The number of ether oxygens (including phenoxy) is 1. The lowest BCUT2D eigenvalue weighted by atomic mass is 9.75. The van der Waals surface area contributed by atoms with Crippen molar-refractivity contribution >= 4 is 5.91 Å². The number of hydrogen-bond donors (Lipinski definition) is 2. The molecule has 0 aliphatic heterocycles. The zero-order valence-corrected chi connectivity index (χ0v) is 13.7. The molecule has 5 heteroatoms. The summed E-state index contributed by atoms with van der Waals surface area (Å²) in [7, 11) is 1.61. The van der Waals surface area contributed by atoms with Gasteiger partial charge in [-0.1, -0.05) is 19.3 Å². The van der Waals surface area contributed by atoms with E-state index < -0.39 is 0 Å². The number of nitrogens with one attached hydrogen (secondary N) is 1. The molecule has 1 heterocycles. The third-order valence-corrected chi connectivity index (χ3v) is 5.22. The molecule has 1 aromatic rings. The Labute approximate surface area is 137 Å². The van der Waals surface area contributed by atoms with Gasteiger partial charge in [0.2, 0.25) is 5.91 Å². The summed E-state index contributed by atoms with van der Waals surface area (Å²) in [6, 6.07) is 1.85. The third-order valence-electron chi connectivity index (χ3n) is 5.22.